The molecule has 8 heteroatoms. The third-order valence-electron chi connectivity index (χ3n) is 4.25. The van der Waals surface area contributed by atoms with Crippen LogP contribution in [0.4, 0.5) is 5.69 Å². The Morgan fingerprint density at radius 2 is 1.86 bits per heavy atom. The molecule has 0 saturated heterocycles. The number of amides is 1. The number of carbonyl (C=O) groups is 2. The first-order chi connectivity index (χ1) is 13.9. The largest absolute Gasteiger partial charge is 0.495 e. The van der Waals surface area contributed by atoms with Gasteiger partial charge in [0, 0.05) is 17.6 Å². The fraction of sp³-hybridized carbons (Fsp3) is 0.190. The van der Waals surface area contributed by atoms with Crippen molar-refractivity contribution in [3.8, 4) is 11.4 Å². The van der Waals surface area contributed by atoms with Gasteiger partial charge in [0.05, 0.1) is 23.4 Å². The van der Waals surface area contributed by atoms with Crippen molar-refractivity contribution >= 4 is 29.2 Å². The van der Waals surface area contributed by atoms with Crippen LogP contribution in [0.1, 0.15) is 23.0 Å². The predicted molar refractivity (Wildman–Crippen MR) is 110 cm³/mol. The molecule has 150 valence electrons. The van der Waals surface area contributed by atoms with Crippen molar-refractivity contribution in [1.29, 1.82) is 0 Å². The number of methoxy groups -OCH3 is 1. The molecule has 0 saturated carbocycles. The van der Waals surface area contributed by atoms with Crippen molar-refractivity contribution in [2.75, 3.05) is 12.4 Å². The van der Waals surface area contributed by atoms with E-state index >= 15 is 0 Å². The number of rotatable bonds is 6. The molecule has 29 heavy (non-hydrogen) atoms. The Bertz CT molecular complexity index is 1030. The topological polar surface area (TPSA) is 82.5 Å². The summed E-state index contributed by atoms with van der Waals surface area (Å²) in [7, 11) is 1.50. The molecule has 0 unspecified atom stereocenters. The van der Waals surface area contributed by atoms with Gasteiger partial charge in [-0.2, -0.15) is 5.10 Å². The van der Waals surface area contributed by atoms with Gasteiger partial charge in [-0.3, -0.25) is 4.79 Å². The second-order valence-electron chi connectivity index (χ2n) is 6.32. The number of halogens is 1. The molecule has 0 aliphatic heterocycles. The van der Waals surface area contributed by atoms with E-state index in [2.05, 4.69) is 10.4 Å². The molecule has 1 amide bonds. The van der Waals surface area contributed by atoms with E-state index in [9.17, 15) is 9.59 Å². The van der Waals surface area contributed by atoms with Crippen LogP contribution in [0.3, 0.4) is 0 Å². The van der Waals surface area contributed by atoms with Gasteiger partial charge in [-0.25, -0.2) is 9.48 Å². The molecule has 2 aromatic carbocycles. The highest BCUT2D eigenvalue weighted by molar-refractivity contribution is 6.32. The van der Waals surface area contributed by atoms with Crippen molar-refractivity contribution in [3.05, 3.63) is 71.0 Å². The molecule has 0 radical (unpaired) electrons. The fourth-order valence-corrected chi connectivity index (χ4v) is 2.91. The molecule has 1 atom stereocenters. The molecular formula is C21H20ClN3O4. The van der Waals surface area contributed by atoms with Gasteiger partial charge in [-0.15, -0.1) is 0 Å². The summed E-state index contributed by atoms with van der Waals surface area (Å²) in [6.07, 6.45) is 0.713. The Hall–Kier alpha value is -3.32. The highest BCUT2D eigenvalue weighted by atomic mass is 35.5. The SMILES string of the molecule is COc1ccc(NC(=O)[C@H](C)OC(=O)c2ccc(-n3nccc3C)cc2)cc1Cl. The van der Waals surface area contributed by atoms with E-state index in [1.54, 1.807) is 53.3 Å². The van der Waals surface area contributed by atoms with E-state index in [1.807, 2.05) is 13.0 Å². The van der Waals surface area contributed by atoms with E-state index in [-0.39, 0.29) is 0 Å². The van der Waals surface area contributed by atoms with Gasteiger partial charge < -0.3 is 14.8 Å². The number of aryl methyl sites for hydroxylation is 1. The van der Waals surface area contributed by atoms with Crippen molar-refractivity contribution < 1.29 is 19.1 Å². The fourth-order valence-electron chi connectivity index (χ4n) is 2.65. The standard InChI is InChI=1S/C21H20ClN3O4/c1-13-10-11-23-25(13)17-7-4-15(5-8-17)21(27)29-14(2)20(26)24-16-6-9-19(28-3)18(22)12-16/h4-12,14H,1-3H3,(H,24,26)/t14-/m0/s1. The summed E-state index contributed by atoms with van der Waals surface area (Å²) < 4.78 is 12.1. The molecule has 0 bridgehead atoms. The third kappa shape index (κ3) is 4.75. The number of esters is 1. The molecular weight excluding hydrogens is 394 g/mol. The van der Waals surface area contributed by atoms with Crippen molar-refractivity contribution in [1.82, 2.24) is 9.78 Å². The molecule has 0 aliphatic rings. The quantitative estimate of drug-likeness (QED) is 0.617. The molecule has 0 fully saturated rings. The first-order valence-electron chi connectivity index (χ1n) is 8.85. The predicted octanol–water partition coefficient (Wildman–Crippen LogP) is 4.03. The third-order valence-corrected chi connectivity index (χ3v) is 4.55. The summed E-state index contributed by atoms with van der Waals surface area (Å²) in [6, 6.07) is 13.5. The lowest BCUT2D eigenvalue weighted by Gasteiger charge is -2.14. The number of ether oxygens (including phenoxy) is 2. The Kier molecular flexibility index (Phi) is 6.19. The number of anilines is 1. The molecule has 1 heterocycles. The maximum atomic E-state index is 12.4. The van der Waals surface area contributed by atoms with Gasteiger partial charge in [0.25, 0.3) is 5.91 Å². The highest BCUT2D eigenvalue weighted by Crippen LogP contribution is 2.27. The molecule has 3 rings (SSSR count). The minimum absolute atomic E-state index is 0.339. The van der Waals surface area contributed by atoms with Crippen LogP contribution in [-0.2, 0) is 9.53 Å². The van der Waals surface area contributed by atoms with Crippen LogP contribution >= 0.6 is 11.6 Å². The maximum Gasteiger partial charge on any atom is 0.338 e. The lowest BCUT2D eigenvalue weighted by Crippen LogP contribution is -2.30. The van der Waals surface area contributed by atoms with Crippen LogP contribution in [0.2, 0.25) is 5.02 Å². The highest BCUT2D eigenvalue weighted by Gasteiger charge is 2.19. The summed E-state index contributed by atoms with van der Waals surface area (Å²) >= 11 is 6.05. The number of benzene rings is 2. The molecule has 1 N–H and O–H groups in total. The minimum atomic E-state index is -0.989. The van der Waals surface area contributed by atoms with E-state index in [1.165, 1.54) is 14.0 Å². The normalized spacial score (nSPS) is 11.6. The van der Waals surface area contributed by atoms with Crippen LogP contribution in [0.5, 0.6) is 5.75 Å². The van der Waals surface area contributed by atoms with Gasteiger partial charge >= 0.3 is 5.97 Å². The van der Waals surface area contributed by atoms with Crippen LogP contribution in [0.15, 0.2) is 54.7 Å². The van der Waals surface area contributed by atoms with Gasteiger partial charge in [-0.1, -0.05) is 11.6 Å². The lowest BCUT2D eigenvalue weighted by atomic mass is 10.2. The first kappa shape index (κ1) is 20.4. The van der Waals surface area contributed by atoms with Gasteiger partial charge in [0.2, 0.25) is 0 Å². The van der Waals surface area contributed by atoms with Crippen LogP contribution in [0.25, 0.3) is 5.69 Å². The molecule has 7 nitrogen and oxygen atoms in total. The van der Waals surface area contributed by atoms with Crippen LogP contribution in [0, 0.1) is 6.92 Å². The van der Waals surface area contributed by atoms with Gasteiger partial charge in [0.1, 0.15) is 5.75 Å². The number of hydrogen-bond donors (Lipinski definition) is 1. The number of nitrogens with zero attached hydrogens (tertiary/aromatic N) is 2. The average Bonchev–Trinajstić information content (AvgIpc) is 3.14. The monoisotopic (exact) mass is 413 g/mol. The minimum Gasteiger partial charge on any atom is -0.495 e. The number of hydrogen-bond acceptors (Lipinski definition) is 5. The first-order valence-corrected chi connectivity index (χ1v) is 9.23. The zero-order valence-electron chi connectivity index (χ0n) is 16.2. The number of carbonyl (C=O) groups excluding carboxylic acids is 2. The summed E-state index contributed by atoms with van der Waals surface area (Å²) in [4.78, 5) is 24.7. The van der Waals surface area contributed by atoms with Crippen molar-refractivity contribution in [3.63, 3.8) is 0 Å². The zero-order valence-corrected chi connectivity index (χ0v) is 16.9. The van der Waals surface area contributed by atoms with Crippen LogP contribution in [-0.4, -0.2) is 34.9 Å². The van der Waals surface area contributed by atoms with Gasteiger partial charge in [0.15, 0.2) is 6.10 Å². The second kappa shape index (κ2) is 8.79. The van der Waals surface area contributed by atoms with E-state index in [0.29, 0.717) is 22.0 Å². The lowest BCUT2D eigenvalue weighted by molar-refractivity contribution is -0.123. The summed E-state index contributed by atoms with van der Waals surface area (Å²) in [6.45, 7) is 3.44. The van der Waals surface area contributed by atoms with E-state index in [0.717, 1.165) is 11.4 Å². The Morgan fingerprint density at radius 3 is 2.45 bits per heavy atom. The maximum absolute atomic E-state index is 12.4. The Morgan fingerprint density at radius 1 is 1.14 bits per heavy atom. The molecule has 0 aliphatic carbocycles. The Balaban J connectivity index is 1.61. The zero-order chi connectivity index (χ0) is 21.0. The summed E-state index contributed by atoms with van der Waals surface area (Å²) in [5.41, 5.74) is 2.61. The van der Waals surface area contributed by atoms with Crippen LogP contribution < -0.4 is 10.1 Å². The smallest absolute Gasteiger partial charge is 0.338 e. The average molecular weight is 414 g/mol. The van der Waals surface area contributed by atoms with E-state index in [4.69, 9.17) is 21.1 Å². The van der Waals surface area contributed by atoms with Crippen molar-refractivity contribution in [2.45, 2.75) is 20.0 Å². The Labute approximate surface area is 173 Å². The van der Waals surface area contributed by atoms with Gasteiger partial charge in [-0.05, 0) is 62.4 Å². The van der Waals surface area contributed by atoms with E-state index < -0.39 is 18.0 Å². The number of aromatic nitrogens is 2. The summed E-state index contributed by atoms with van der Waals surface area (Å²) in [5, 5.41) is 7.24. The molecule has 3 aromatic rings. The van der Waals surface area contributed by atoms with Crippen molar-refractivity contribution in [2.24, 2.45) is 0 Å². The molecule has 0 spiro atoms. The number of nitrogens with one attached hydrogen (secondary N) is 1. The molecule has 1 aromatic heterocycles. The second-order valence-corrected chi connectivity index (χ2v) is 6.72. The summed E-state index contributed by atoms with van der Waals surface area (Å²) in [5.74, 6) is -0.564.